The number of carbonyl (C=O) groups is 2. The third kappa shape index (κ3) is 2.51. The summed E-state index contributed by atoms with van der Waals surface area (Å²) >= 11 is 5.93. The molecule has 6 heteroatoms. The van der Waals surface area contributed by atoms with Crippen LogP contribution in [0, 0.1) is 0 Å². The second-order valence-corrected chi connectivity index (χ2v) is 5.05. The van der Waals surface area contributed by atoms with E-state index >= 15 is 0 Å². The molecule has 0 bridgehead atoms. The highest BCUT2D eigenvalue weighted by Crippen LogP contribution is 2.39. The molecule has 1 aromatic carbocycles. The Labute approximate surface area is 115 Å². The Hall–Kier alpha value is -1.75. The second kappa shape index (κ2) is 4.74. The highest BCUT2D eigenvalue weighted by molar-refractivity contribution is 6.31. The number of nitrogens with one attached hydrogen (secondary N) is 1. The number of hydrogen-bond acceptors (Lipinski definition) is 4. The Morgan fingerprint density at radius 2 is 2.16 bits per heavy atom. The van der Waals surface area contributed by atoms with Gasteiger partial charge in [-0.05, 0) is 32.9 Å². The molecule has 0 saturated heterocycles. The molecule has 1 aromatic rings. The van der Waals surface area contributed by atoms with Crippen LogP contribution in [-0.4, -0.2) is 24.1 Å². The Morgan fingerprint density at radius 3 is 2.79 bits per heavy atom. The van der Waals surface area contributed by atoms with Crippen LogP contribution in [0.5, 0.6) is 5.75 Å². The maximum absolute atomic E-state index is 11.9. The van der Waals surface area contributed by atoms with Gasteiger partial charge in [0.1, 0.15) is 5.56 Å². The number of hydrogen-bond donors (Lipinski definition) is 1. The maximum Gasteiger partial charge on any atom is 0.342 e. The first kappa shape index (κ1) is 13.7. The van der Waals surface area contributed by atoms with Gasteiger partial charge in [0.2, 0.25) is 0 Å². The fourth-order valence-electron chi connectivity index (χ4n) is 1.73. The van der Waals surface area contributed by atoms with Crippen molar-refractivity contribution in [2.45, 2.75) is 26.4 Å². The smallest absolute Gasteiger partial charge is 0.342 e. The van der Waals surface area contributed by atoms with Crippen molar-refractivity contribution in [1.82, 2.24) is 0 Å². The van der Waals surface area contributed by atoms with E-state index in [9.17, 15) is 9.59 Å². The number of fused-ring (bicyclic) bond motifs is 1. The van der Waals surface area contributed by atoms with E-state index < -0.39 is 11.6 Å². The monoisotopic (exact) mass is 283 g/mol. The number of halogens is 1. The molecule has 5 nitrogen and oxygen atoms in total. The van der Waals surface area contributed by atoms with Crippen LogP contribution >= 0.6 is 11.6 Å². The first-order chi connectivity index (χ1) is 8.85. The van der Waals surface area contributed by atoms with Gasteiger partial charge in [0, 0.05) is 5.02 Å². The van der Waals surface area contributed by atoms with Crippen LogP contribution in [0.4, 0.5) is 5.69 Å². The van der Waals surface area contributed by atoms with Crippen LogP contribution in [0.25, 0.3) is 0 Å². The average molecular weight is 284 g/mol. The Kier molecular flexibility index (Phi) is 3.41. The number of benzene rings is 1. The lowest BCUT2D eigenvalue weighted by Crippen LogP contribution is -2.46. The summed E-state index contributed by atoms with van der Waals surface area (Å²) in [6, 6.07) is 3.00. The minimum Gasteiger partial charge on any atom is -0.475 e. The van der Waals surface area contributed by atoms with Gasteiger partial charge in [-0.1, -0.05) is 11.6 Å². The second-order valence-electron chi connectivity index (χ2n) is 4.62. The molecule has 1 aliphatic rings. The third-order valence-electron chi connectivity index (χ3n) is 2.70. The van der Waals surface area contributed by atoms with E-state index in [4.69, 9.17) is 21.1 Å². The topological polar surface area (TPSA) is 64.6 Å². The van der Waals surface area contributed by atoms with Crippen molar-refractivity contribution >= 4 is 29.2 Å². The van der Waals surface area contributed by atoms with E-state index in [0.717, 1.165) is 0 Å². The van der Waals surface area contributed by atoms with Gasteiger partial charge in [0.05, 0.1) is 12.3 Å². The van der Waals surface area contributed by atoms with Crippen molar-refractivity contribution in [2.24, 2.45) is 0 Å². The number of anilines is 1. The van der Waals surface area contributed by atoms with Crippen molar-refractivity contribution < 1.29 is 19.1 Å². The van der Waals surface area contributed by atoms with Crippen molar-refractivity contribution in [3.8, 4) is 5.75 Å². The van der Waals surface area contributed by atoms with Crippen LogP contribution in [-0.2, 0) is 9.53 Å². The quantitative estimate of drug-likeness (QED) is 0.848. The molecular formula is C13H14ClNO4. The molecular weight excluding hydrogens is 270 g/mol. The molecule has 19 heavy (non-hydrogen) atoms. The zero-order valence-electron chi connectivity index (χ0n) is 10.9. The van der Waals surface area contributed by atoms with Crippen molar-refractivity contribution in [3.05, 3.63) is 22.7 Å². The summed E-state index contributed by atoms with van der Waals surface area (Å²) in [5, 5.41) is 3.00. The largest absolute Gasteiger partial charge is 0.475 e. The number of carbonyl (C=O) groups excluding carboxylic acids is 2. The summed E-state index contributed by atoms with van der Waals surface area (Å²) in [6.07, 6.45) is 0. The molecule has 0 radical (unpaired) electrons. The van der Waals surface area contributed by atoms with E-state index in [1.54, 1.807) is 20.8 Å². The van der Waals surface area contributed by atoms with Gasteiger partial charge < -0.3 is 14.8 Å². The minimum absolute atomic E-state index is 0.206. The van der Waals surface area contributed by atoms with E-state index in [0.29, 0.717) is 10.7 Å². The van der Waals surface area contributed by atoms with E-state index in [2.05, 4.69) is 5.32 Å². The zero-order chi connectivity index (χ0) is 14.2. The fourth-order valence-corrected chi connectivity index (χ4v) is 1.95. The lowest BCUT2D eigenvalue weighted by Gasteiger charge is -2.32. The van der Waals surface area contributed by atoms with E-state index in [1.165, 1.54) is 12.1 Å². The summed E-state index contributed by atoms with van der Waals surface area (Å²) < 4.78 is 10.6. The summed E-state index contributed by atoms with van der Waals surface area (Å²) in [5.41, 5.74) is -0.473. The molecule has 1 aliphatic heterocycles. The molecule has 1 amide bonds. The molecule has 0 aliphatic carbocycles. The van der Waals surface area contributed by atoms with Gasteiger partial charge in [-0.3, -0.25) is 4.79 Å². The first-order valence-electron chi connectivity index (χ1n) is 5.86. The van der Waals surface area contributed by atoms with Crippen molar-refractivity contribution in [3.63, 3.8) is 0 Å². The molecule has 1 heterocycles. The summed E-state index contributed by atoms with van der Waals surface area (Å²) in [7, 11) is 0. The summed E-state index contributed by atoms with van der Waals surface area (Å²) in [4.78, 5) is 23.7. The Morgan fingerprint density at radius 1 is 1.47 bits per heavy atom. The van der Waals surface area contributed by atoms with Gasteiger partial charge in [-0.2, -0.15) is 0 Å². The van der Waals surface area contributed by atoms with Gasteiger partial charge in [-0.25, -0.2) is 4.79 Å². The van der Waals surface area contributed by atoms with Crippen molar-refractivity contribution in [1.29, 1.82) is 0 Å². The number of esters is 1. The number of ether oxygens (including phenoxy) is 2. The van der Waals surface area contributed by atoms with Gasteiger partial charge in [0.15, 0.2) is 11.4 Å². The molecule has 0 unspecified atom stereocenters. The summed E-state index contributed by atoms with van der Waals surface area (Å²) in [5.74, 6) is -0.544. The Bertz CT molecular complexity index is 554. The highest BCUT2D eigenvalue weighted by atomic mass is 35.5. The van der Waals surface area contributed by atoms with Gasteiger partial charge in [0.25, 0.3) is 5.91 Å². The molecule has 0 spiro atoms. The van der Waals surface area contributed by atoms with E-state index in [-0.39, 0.29) is 23.8 Å². The lowest BCUT2D eigenvalue weighted by atomic mass is 10.0. The van der Waals surface area contributed by atoms with Gasteiger partial charge >= 0.3 is 5.97 Å². The number of rotatable bonds is 2. The van der Waals surface area contributed by atoms with Crippen LogP contribution in [0.15, 0.2) is 12.1 Å². The molecule has 0 atom stereocenters. The minimum atomic E-state index is -1.05. The predicted molar refractivity (Wildman–Crippen MR) is 70.7 cm³/mol. The SMILES string of the molecule is CCOC(=O)c1cc(Cl)cc2c1OC(C)(C)C(=O)N2. The summed E-state index contributed by atoms with van der Waals surface area (Å²) in [6.45, 7) is 5.20. The lowest BCUT2D eigenvalue weighted by molar-refractivity contribution is -0.129. The van der Waals surface area contributed by atoms with Crippen LogP contribution < -0.4 is 10.1 Å². The molecule has 102 valence electrons. The molecule has 0 fully saturated rings. The molecule has 0 aromatic heterocycles. The molecule has 1 N–H and O–H groups in total. The zero-order valence-corrected chi connectivity index (χ0v) is 11.6. The molecule has 0 saturated carbocycles. The maximum atomic E-state index is 11.9. The fraction of sp³-hybridized carbons (Fsp3) is 0.385. The number of amides is 1. The van der Waals surface area contributed by atoms with Crippen molar-refractivity contribution in [2.75, 3.05) is 11.9 Å². The Balaban J connectivity index is 2.53. The third-order valence-corrected chi connectivity index (χ3v) is 2.92. The average Bonchev–Trinajstić information content (AvgIpc) is 2.30. The van der Waals surface area contributed by atoms with E-state index in [1.807, 2.05) is 0 Å². The normalized spacial score (nSPS) is 16.1. The van der Waals surface area contributed by atoms with Crippen LogP contribution in [0.1, 0.15) is 31.1 Å². The van der Waals surface area contributed by atoms with Crippen LogP contribution in [0.3, 0.4) is 0 Å². The standard InChI is InChI=1S/C13H14ClNO4/c1-4-18-11(16)8-5-7(14)6-9-10(8)19-13(2,3)12(17)15-9/h5-6H,4H2,1-3H3,(H,15,17). The van der Waals surface area contributed by atoms with Crippen LogP contribution in [0.2, 0.25) is 5.02 Å². The predicted octanol–water partition coefficient (Wildman–Crippen LogP) is 2.63. The first-order valence-corrected chi connectivity index (χ1v) is 6.24. The highest BCUT2D eigenvalue weighted by Gasteiger charge is 2.37. The van der Waals surface area contributed by atoms with Gasteiger partial charge in [-0.15, -0.1) is 0 Å². The molecule has 2 rings (SSSR count).